The Labute approximate surface area is 170 Å². The number of rotatable bonds is 5. The summed E-state index contributed by atoms with van der Waals surface area (Å²) in [5, 5.41) is 5.94. The summed E-state index contributed by atoms with van der Waals surface area (Å²) in [6.07, 6.45) is 5.67. The number of nitrogens with zero attached hydrogens (tertiary/aromatic N) is 1. The van der Waals surface area contributed by atoms with Crippen LogP contribution < -0.4 is 16.4 Å². The van der Waals surface area contributed by atoms with Crippen LogP contribution in [-0.4, -0.2) is 49.9 Å². The van der Waals surface area contributed by atoms with Crippen molar-refractivity contribution in [2.24, 2.45) is 11.7 Å². The van der Waals surface area contributed by atoms with E-state index in [0.717, 1.165) is 44.9 Å². The molecule has 1 saturated heterocycles. The largest absolute Gasteiger partial charge is 0.366 e. The average molecular weight is 391 g/mol. The molecule has 6 nitrogen and oxygen atoms in total. The van der Waals surface area contributed by atoms with Crippen LogP contribution in [0.1, 0.15) is 61.5 Å². The fraction of sp³-hybridized carbons (Fsp3) is 0.636. The van der Waals surface area contributed by atoms with Crippen molar-refractivity contribution in [3.63, 3.8) is 0 Å². The molecule has 1 aromatic rings. The van der Waals surface area contributed by atoms with Crippen LogP contribution in [0.15, 0.2) is 18.2 Å². The van der Waals surface area contributed by atoms with Crippen molar-refractivity contribution in [1.82, 2.24) is 15.5 Å². The lowest BCUT2D eigenvalue weighted by atomic mass is 9.98. The Kier molecular flexibility index (Phi) is 12.2. The second kappa shape index (κ2) is 14.1. The monoisotopic (exact) mass is 390 g/mol. The van der Waals surface area contributed by atoms with E-state index in [1.165, 1.54) is 43.5 Å². The number of piperidine rings is 1. The molecule has 0 bridgehead atoms. The van der Waals surface area contributed by atoms with Crippen molar-refractivity contribution >= 4 is 12.3 Å². The third-order valence-corrected chi connectivity index (χ3v) is 4.91. The number of nitrogens with two attached hydrogens (primary N) is 1. The highest BCUT2D eigenvalue weighted by molar-refractivity contribution is 5.93. The molecule has 2 amide bonds. The summed E-state index contributed by atoms with van der Waals surface area (Å²) in [4.78, 5) is 23.3. The minimum absolute atomic E-state index is 0.353. The smallest absolute Gasteiger partial charge is 0.248 e. The van der Waals surface area contributed by atoms with Crippen LogP contribution in [0.2, 0.25) is 0 Å². The van der Waals surface area contributed by atoms with Crippen molar-refractivity contribution in [3.8, 4) is 0 Å². The zero-order valence-corrected chi connectivity index (χ0v) is 17.8. The molecule has 0 atom stereocenters. The second-order valence-electron chi connectivity index (χ2n) is 7.58. The molecule has 0 spiro atoms. The van der Waals surface area contributed by atoms with Gasteiger partial charge in [-0.25, -0.2) is 0 Å². The lowest BCUT2D eigenvalue weighted by molar-refractivity contribution is -0.109. The highest BCUT2D eigenvalue weighted by Gasteiger charge is 2.14. The Morgan fingerprint density at radius 2 is 1.96 bits per heavy atom. The minimum atomic E-state index is -0.353. The van der Waals surface area contributed by atoms with Gasteiger partial charge in [-0.3, -0.25) is 9.59 Å². The average Bonchev–Trinajstić information content (AvgIpc) is 2.70. The zero-order chi connectivity index (χ0) is 20.8. The molecule has 0 unspecified atom stereocenters. The molecule has 3 rings (SSSR count). The van der Waals surface area contributed by atoms with Gasteiger partial charge < -0.3 is 21.3 Å². The van der Waals surface area contributed by atoms with Crippen LogP contribution >= 0.6 is 0 Å². The van der Waals surface area contributed by atoms with E-state index >= 15 is 0 Å². The van der Waals surface area contributed by atoms with Crippen molar-refractivity contribution in [2.45, 2.75) is 53.0 Å². The van der Waals surface area contributed by atoms with Gasteiger partial charge in [0.1, 0.15) is 0 Å². The predicted octanol–water partition coefficient (Wildman–Crippen LogP) is 2.31. The topological polar surface area (TPSA) is 87.5 Å². The van der Waals surface area contributed by atoms with Gasteiger partial charge in [-0.05, 0) is 68.1 Å². The fourth-order valence-electron chi connectivity index (χ4n) is 3.20. The van der Waals surface area contributed by atoms with Crippen LogP contribution in [0.4, 0.5) is 0 Å². The molecule has 6 heteroatoms. The molecule has 2 heterocycles. The van der Waals surface area contributed by atoms with Crippen LogP contribution in [-0.2, 0) is 17.8 Å². The molecular weight excluding hydrogens is 352 g/mol. The Balaban J connectivity index is 0.000000247. The minimum Gasteiger partial charge on any atom is -0.366 e. The Hall–Kier alpha value is -1.92. The fourth-order valence-corrected chi connectivity index (χ4v) is 3.20. The molecule has 4 N–H and O–H groups in total. The highest BCUT2D eigenvalue weighted by atomic mass is 16.1. The summed E-state index contributed by atoms with van der Waals surface area (Å²) in [5.41, 5.74) is 8.31. The molecule has 0 aliphatic carbocycles. The summed E-state index contributed by atoms with van der Waals surface area (Å²) in [7, 11) is 0. The van der Waals surface area contributed by atoms with E-state index in [0.29, 0.717) is 5.56 Å². The number of nitrogens with one attached hydrogen (secondary N) is 2. The molecule has 1 fully saturated rings. The standard InChI is InChI=1S/C10H12N2O.C9H18N2O.C3H8/c11-10(13)8-2-1-7-3-4-12-6-9(7)5-8;1-9-2-5-11(6-3-9)7-4-10-8-12;1-3-2/h1-2,5,12H,3-4,6H2,(H2,11,13);8-9H,2-7H2,1H3,(H,10,12);3H2,1-2H3. The first-order valence-corrected chi connectivity index (χ1v) is 10.5. The lowest BCUT2D eigenvalue weighted by Gasteiger charge is -2.29. The summed E-state index contributed by atoms with van der Waals surface area (Å²) >= 11 is 0. The Morgan fingerprint density at radius 3 is 2.57 bits per heavy atom. The van der Waals surface area contributed by atoms with E-state index in [1.807, 2.05) is 12.1 Å². The number of primary amides is 1. The van der Waals surface area contributed by atoms with Gasteiger partial charge >= 0.3 is 0 Å². The molecule has 0 aromatic heterocycles. The van der Waals surface area contributed by atoms with Crippen LogP contribution in [0, 0.1) is 5.92 Å². The molecular formula is C22H38N4O2. The first kappa shape index (κ1) is 24.1. The van der Waals surface area contributed by atoms with Gasteiger partial charge in [0.05, 0.1) is 0 Å². The molecule has 158 valence electrons. The second-order valence-corrected chi connectivity index (χ2v) is 7.58. The molecule has 2 aliphatic heterocycles. The van der Waals surface area contributed by atoms with Gasteiger partial charge in [0.25, 0.3) is 0 Å². The van der Waals surface area contributed by atoms with E-state index in [-0.39, 0.29) is 5.91 Å². The molecule has 0 radical (unpaired) electrons. The molecule has 28 heavy (non-hydrogen) atoms. The first-order chi connectivity index (χ1) is 13.5. The Bertz CT molecular complexity index is 584. The number of likely N-dealkylation sites (tertiary alicyclic amines) is 1. The number of carbonyl (C=O) groups excluding carboxylic acids is 2. The molecule has 1 aromatic carbocycles. The van der Waals surface area contributed by atoms with Crippen molar-refractivity contribution in [1.29, 1.82) is 0 Å². The van der Waals surface area contributed by atoms with Gasteiger partial charge in [-0.1, -0.05) is 33.3 Å². The third-order valence-electron chi connectivity index (χ3n) is 4.91. The van der Waals surface area contributed by atoms with Gasteiger partial charge in [0, 0.05) is 25.2 Å². The van der Waals surface area contributed by atoms with Gasteiger partial charge in [-0.15, -0.1) is 0 Å². The number of amides is 2. The predicted molar refractivity (Wildman–Crippen MR) is 115 cm³/mol. The number of carbonyl (C=O) groups is 2. The normalized spacial score (nSPS) is 16.5. The SMILES string of the molecule is CC1CCN(CCNC=O)CC1.CCC.NC(=O)c1ccc2c(c1)CNCC2. The summed E-state index contributed by atoms with van der Waals surface area (Å²) in [6, 6.07) is 5.67. The maximum atomic E-state index is 10.9. The summed E-state index contributed by atoms with van der Waals surface area (Å²) < 4.78 is 0. The van der Waals surface area contributed by atoms with Gasteiger partial charge in [0.15, 0.2) is 0 Å². The third kappa shape index (κ3) is 9.33. The number of hydrogen-bond donors (Lipinski definition) is 3. The summed E-state index contributed by atoms with van der Waals surface area (Å²) in [5.74, 6) is 0.536. The van der Waals surface area contributed by atoms with E-state index < -0.39 is 0 Å². The van der Waals surface area contributed by atoms with E-state index in [9.17, 15) is 9.59 Å². The lowest BCUT2D eigenvalue weighted by Crippen LogP contribution is -2.37. The van der Waals surface area contributed by atoms with Crippen LogP contribution in [0.5, 0.6) is 0 Å². The zero-order valence-electron chi connectivity index (χ0n) is 17.8. The summed E-state index contributed by atoms with van der Waals surface area (Å²) in [6.45, 7) is 12.6. The maximum absolute atomic E-state index is 10.9. The van der Waals surface area contributed by atoms with Crippen molar-refractivity contribution in [3.05, 3.63) is 34.9 Å². The number of fused-ring (bicyclic) bond motifs is 1. The first-order valence-electron chi connectivity index (χ1n) is 10.5. The quantitative estimate of drug-likeness (QED) is 0.532. The van der Waals surface area contributed by atoms with Crippen LogP contribution in [0.3, 0.4) is 0 Å². The number of hydrogen-bond acceptors (Lipinski definition) is 4. The van der Waals surface area contributed by atoms with Crippen molar-refractivity contribution < 1.29 is 9.59 Å². The maximum Gasteiger partial charge on any atom is 0.248 e. The molecule has 2 aliphatic rings. The van der Waals surface area contributed by atoms with E-state index in [4.69, 9.17) is 5.73 Å². The Morgan fingerprint density at radius 1 is 1.29 bits per heavy atom. The van der Waals surface area contributed by atoms with Crippen molar-refractivity contribution in [2.75, 3.05) is 32.7 Å². The molecule has 0 saturated carbocycles. The van der Waals surface area contributed by atoms with E-state index in [2.05, 4.69) is 36.3 Å². The van der Waals surface area contributed by atoms with Crippen LogP contribution in [0.25, 0.3) is 0 Å². The van der Waals surface area contributed by atoms with Gasteiger partial charge in [-0.2, -0.15) is 0 Å². The van der Waals surface area contributed by atoms with E-state index in [1.54, 1.807) is 6.07 Å². The van der Waals surface area contributed by atoms with Gasteiger partial charge in [0.2, 0.25) is 12.3 Å². The highest BCUT2D eigenvalue weighted by Crippen LogP contribution is 2.16. The number of benzene rings is 1.